The lowest BCUT2D eigenvalue weighted by atomic mass is 10.1. The molecule has 2 N–H and O–H groups in total. The Morgan fingerprint density at radius 2 is 2.10 bits per heavy atom. The molecule has 2 aromatic rings. The molecule has 112 valence electrons. The van der Waals surface area contributed by atoms with Crippen molar-refractivity contribution in [2.24, 2.45) is 0 Å². The average Bonchev–Trinajstić information content (AvgIpc) is 2.89. The zero-order chi connectivity index (χ0) is 15.4. The predicted molar refractivity (Wildman–Crippen MR) is 82.5 cm³/mol. The monoisotopic (exact) mass is 287 g/mol. The van der Waals surface area contributed by atoms with Crippen molar-refractivity contribution < 1.29 is 9.21 Å². The van der Waals surface area contributed by atoms with E-state index in [4.69, 9.17) is 4.42 Å². The van der Waals surface area contributed by atoms with Gasteiger partial charge >= 0.3 is 0 Å². The minimum absolute atomic E-state index is 0.134. The molecule has 0 bridgehead atoms. The van der Waals surface area contributed by atoms with Gasteiger partial charge in [-0.15, -0.1) is 0 Å². The second-order valence-corrected chi connectivity index (χ2v) is 5.27. The molecule has 0 radical (unpaired) electrons. The number of hydrogen-bond acceptors (Lipinski definition) is 4. The fourth-order valence-electron chi connectivity index (χ4n) is 1.96. The van der Waals surface area contributed by atoms with Gasteiger partial charge in [0.1, 0.15) is 17.3 Å². The van der Waals surface area contributed by atoms with Crippen LogP contribution in [-0.4, -0.2) is 17.9 Å². The third kappa shape index (κ3) is 3.84. The van der Waals surface area contributed by atoms with Gasteiger partial charge in [-0.1, -0.05) is 13.8 Å². The summed E-state index contributed by atoms with van der Waals surface area (Å²) in [5, 5.41) is 5.84. The summed E-state index contributed by atoms with van der Waals surface area (Å²) in [4.78, 5) is 16.7. The van der Waals surface area contributed by atoms with Crippen molar-refractivity contribution in [1.29, 1.82) is 0 Å². The first-order valence-corrected chi connectivity index (χ1v) is 7.03. The summed E-state index contributed by atoms with van der Waals surface area (Å²) in [5.74, 6) is 2.40. The third-order valence-corrected chi connectivity index (χ3v) is 3.17. The molecule has 0 fully saturated rings. The van der Waals surface area contributed by atoms with E-state index in [2.05, 4.69) is 29.5 Å². The number of anilines is 1. The fraction of sp³-hybridized carbons (Fsp3) is 0.375. The summed E-state index contributed by atoms with van der Waals surface area (Å²) in [5.41, 5.74) is 1.49. The zero-order valence-electron chi connectivity index (χ0n) is 12.9. The second-order valence-electron chi connectivity index (χ2n) is 5.27. The molecular formula is C16H21N3O2. The first-order chi connectivity index (χ1) is 9.99. The SMILES string of the molecule is CNc1cc(C(=O)NCc2ccc(C)o2)cc(C(C)C)n1. The van der Waals surface area contributed by atoms with Gasteiger partial charge in [0.15, 0.2) is 0 Å². The number of hydrogen-bond donors (Lipinski definition) is 2. The molecular weight excluding hydrogens is 266 g/mol. The van der Waals surface area contributed by atoms with Crippen LogP contribution >= 0.6 is 0 Å². The maximum absolute atomic E-state index is 12.3. The molecule has 0 spiro atoms. The summed E-state index contributed by atoms with van der Waals surface area (Å²) < 4.78 is 5.44. The number of rotatable bonds is 5. The Labute approximate surface area is 124 Å². The van der Waals surface area contributed by atoms with Crippen molar-refractivity contribution >= 4 is 11.7 Å². The normalized spacial score (nSPS) is 10.7. The lowest BCUT2D eigenvalue weighted by molar-refractivity contribution is 0.0947. The third-order valence-electron chi connectivity index (χ3n) is 3.17. The number of furan rings is 1. The van der Waals surface area contributed by atoms with E-state index in [1.165, 1.54) is 0 Å². The Morgan fingerprint density at radius 1 is 1.33 bits per heavy atom. The topological polar surface area (TPSA) is 67.2 Å². The van der Waals surface area contributed by atoms with Crippen molar-refractivity contribution in [2.75, 3.05) is 12.4 Å². The molecule has 1 amide bonds. The maximum Gasteiger partial charge on any atom is 0.251 e. The van der Waals surface area contributed by atoms with E-state index in [-0.39, 0.29) is 11.8 Å². The molecule has 0 aliphatic carbocycles. The molecule has 0 unspecified atom stereocenters. The van der Waals surface area contributed by atoms with Crippen LogP contribution in [0.15, 0.2) is 28.7 Å². The molecule has 21 heavy (non-hydrogen) atoms. The van der Waals surface area contributed by atoms with Gasteiger partial charge in [0.2, 0.25) is 0 Å². The molecule has 0 saturated carbocycles. The number of pyridine rings is 1. The Morgan fingerprint density at radius 3 is 2.67 bits per heavy atom. The standard InChI is InChI=1S/C16H21N3O2/c1-10(2)14-7-12(8-15(17-4)19-14)16(20)18-9-13-6-5-11(3)21-13/h5-8,10H,9H2,1-4H3,(H,17,19)(H,18,20). The van der Waals surface area contributed by atoms with Crippen LogP contribution in [0.25, 0.3) is 0 Å². The largest absolute Gasteiger partial charge is 0.465 e. The summed E-state index contributed by atoms with van der Waals surface area (Å²) in [6.07, 6.45) is 0. The van der Waals surface area contributed by atoms with Crippen molar-refractivity contribution in [3.05, 3.63) is 47.0 Å². The van der Waals surface area contributed by atoms with Crippen LogP contribution in [0.3, 0.4) is 0 Å². The van der Waals surface area contributed by atoms with Crippen LogP contribution in [0.5, 0.6) is 0 Å². The van der Waals surface area contributed by atoms with Crippen LogP contribution in [-0.2, 0) is 6.54 Å². The lowest BCUT2D eigenvalue weighted by Crippen LogP contribution is -2.23. The number of carbonyl (C=O) groups is 1. The van der Waals surface area contributed by atoms with Crippen molar-refractivity contribution in [2.45, 2.75) is 33.2 Å². The molecule has 2 heterocycles. The highest BCUT2D eigenvalue weighted by Gasteiger charge is 2.12. The van der Waals surface area contributed by atoms with Gasteiger partial charge in [-0.05, 0) is 37.1 Å². The van der Waals surface area contributed by atoms with E-state index >= 15 is 0 Å². The molecule has 2 rings (SSSR count). The Balaban J connectivity index is 2.12. The minimum atomic E-state index is -0.134. The Bertz CT molecular complexity index is 632. The van der Waals surface area contributed by atoms with E-state index < -0.39 is 0 Å². The molecule has 5 heteroatoms. The first kappa shape index (κ1) is 15.1. The maximum atomic E-state index is 12.3. The molecule has 2 aromatic heterocycles. The highest BCUT2D eigenvalue weighted by atomic mass is 16.3. The van der Waals surface area contributed by atoms with Crippen LogP contribution in [0, 0.1) is 6.92 Å². The van der Waals surface area contributed by atoms with Crippen LogP contribution in [0.1, 0.15) is 47.3 Å². The number of amides is 1. The zero-order valence-corrected chi connectivity index (χ0v) is 12.9. The quantitative estimate of drug-likeness (QED) is 0.887. The Kier molecular flexibility index (Phi) is 4.62. The summed E-state index contributed by atoms with van der Waals surface area (Å²) in [6, 6.07) is 7.31. The molecule has 0 aliphatic rings. The predicted octanol–water partition coefficient (Wildman–Crippen LogP) is 3.08. The van der Waals surface area contributed by atoms with E-state index in [9.17, 15) is 4.79 Å². The summed E-state index contributed by atoms with van der Waals surface area (Å²) in [6.45, 7) is 6.35. The number of carbonyl (C=O) groups excluding carboxylic acids is 1. The van der Waals surface area contributed by atoms with Crippen LogP contribution in [0.2, 0.25) is 0 Å². The lowest BCUT2D eigenvalue weighted by Gasteiger charge is -2.11. The highest BCUT2D eigenvalue weighted by molar-refractivity contribution is 5.95. The summed E-state index contributed by atoms with van der Waals surface area (Å²) in [7, 11) is 1.79. The smallest absolute Gasteiger partial charge is 0.251 e. The van der Waals surface area contributed by atoms with Gasteiger partial charge < -0.3 is 15.1 Å². The van der Waals surface area contributed by atoms with E-state index in [1.54, 1.807) is 13.1 Å². The first-order valence-electron chi connectivity index (χ1n) is 7.03. The van der Waals surface area contributed by atoms with Crippen molar-refractivity contribution in [1.82, 2.24) is 10.3 Å². The molecule has 5 nitrogen and oxygen atoms in total. The molecule has 0 saturated heterocycles. The number of aromatic nitrogens is 1. The van der Waals surface area contributed by atoms with Crippen molar-refractivity contribution in [3.63, 3.8) is 0 Å². The Hall–Kier alpha value is -2.30. The van der Waals surface area contributed by atoms with E-state index in [0.717, 1.165) is 17.2 Å². The summed E-state index contributed by atoms with van der Waals surface area (Å²) >= 11 is 0. The fourth-order valence-corrected chi connectivity index (χ4v) is 1.96. The highest BCUT2D eigenvalue weighted by Crippen LogP contribution is 2.17. The van der Waals surface area contributed by atoms with E-state index in [1.807, 2.05) is 25.1 Å². The second kappa shape index (κ2) is 6.43. The average molecular weight is 287 g/mol. The number of aryl methyl sites for hydroxylation is 1. The van der Waals surface area contributed by atoms with Gasteiger partial charge in [-0.25, -0.2) is 4.98 Å². The van der Waals surface area contributed by atoms with Gasteiger partial charge in [0, 0.05) is 18.3 Å². The van der Waals surface area contributed by atoms with Crippen LogP contribution in [0.4, 0.5) is 5.82 Å². The minimum Gasteiger partial charge on any atom is -0.465 e. The molecule has 0 aliphatic heterocycles. The van der Waals surface area contributed by atoms with Gasteiger partial charge in [0.25, 0.3) is 5.91 Å². The van der Waals surface area contributed by atoms with Gasteiger partial charge in [-0.3, -0.25) is 4.79 Å². The van der Waals surface area contributed by atoms with E-state index in [0.29, 0.717) is 17.9 Å². The van der Waals surface area contributed by atoms with Gasteiger partial charge in [-0.2, -0.15) is 0 Å². The molecule has 0 aromatic carbocycles. The number of nitrogens with zero attached hydrogens (tertiary/aromatic N) is 1. The molecule has 0 atom stereocenters. The van der Waals surface area contributed by atoms with Crippen LogP contribution < -0.4 is 10.6 Å². The van der Waals surface area contributed by atoms with Crippen molar-refractivity contribution in [3.8, 4) is 0 Å². The number of nitrogens with one attached hydrogen (secondary N) is 2. The van der Waals surface area contributed by atoms with Gasteiger partial charge in [0.05, 0.1) is 6.54 Å².